The third kappa shape index (κ3) is 2.35. The predicted octanol–water partition coefficient (Wildman–Crippen LogP) is 3.15. The fourth-order valence-corrected chi connectivity index (χ4v) is 3.40. The largest absolute Gasteiger partial charge is 0.353 e. The minimum Gasteiger partial charge on any atom is -0.353 e. The van der Waals surface area contributed by atoms with Gasteiger partial charge in [-0.2, -0.15) is 0 Å². The summed E-state index contributed by atoms with van der Waals surface area (Å²) >= 11 is 3.98. The topological polar surface area (TPSA) is 3.24 Å². The lowest BCUT2D eigenvalue weighted by Crippen LogP contribution is -2.25. The van der Waals surface area contributed by atoms with Crippen molar-refractivity contribution in [1.29, 1.82) is 0 Å². The van der Waals surface area contributed by atoms with Crippen LogP contribution in [0.5, 0.6) is 0 Å². The second kappa shape index (κ2) is 4.29. The number of hydrogen-bond acceptors (Lipinski definition) is 3. The molecule has 1 heterocycles. The fourth-order valence-electron chi connectivity index (χ4n) is 1.30. The van der Waals surface area contributed by atoms with E-state index < -0.39 is 0 Å². The first kappa shape index (κ1) is 9.28. The molecular formula is C10H13NS2. The van der Waals surface area contributed by atoms with Crippen molar-refractivity contribution in [2.45, 2.75) is 6.92 Å². The molecule has 1 fully saturated rings. The van der Waals surface area contributed by atoms with E-state index in [1.165, 1.54) is 16.3 Å². The number of hydrogen-bond donors (Lipinski definition) is 0. The molecule has 1 aromatic rings. The molecule has 0 spiro atoms. The molecule has 1 nitrogen and oxygen atoms in total. The Bertz CT molecular complexity index is 265. The molecule has 0 aliphatic carbocycles. The summed E-state index contributed by atoms with van der Waals surface area (Å²) in [6, 6.07) is 8.78. The number of benzene rings is 1. The van der Waals surface area contributed by atoms with Crippen LogP contribution < -0.4 is 4.90 Å². The molecule has 0 saturated carbocycles. The molecule has 1 saturated heterocycles. The lowest BCUT2D eigenvalue weighted by atomic mass is 10.2. The molecule has 0 atom stereocenters. The summed E-state index contributed by atoms with van der Waals surface area (Å²) in [4.78, 5) is 2.41. The van der Waals surface area contributed by atoms with Gasteiger partial charge in [0.25, 0.3) is 0 Å². The maximum atomic E-state index is 2.41. The Balaban J connectivity index is 2.10. The fraction of sp³-hybridized carbons (Fsp3) is 0.400. The van der Waals surface area contributed by atoms with Crippen molar-refractivity contribution in [3.05, 3.63) is 29.8 Å². The van der Waals surface area contributed by atoms with Crippen LogP contribution in [0.3, 0.4) is 0 Å². The molecule has 0 bridgehead atoms. The molecule has 0 radical (unpaired) electrons. The number of anilines is 1. The maximum absolute atomic E-state index is 2.41. The van der Waals surface area contributed by atoms with Crippen molar-refractivity contribution in [1.82, 2.24) is 0 Å². The van der Waals surface area contributed by atoms with E-state index in [1.807, 2.05) is 23.5 Å². The zero-order valence-electron chi connectivity index (χ0n) is 7.69. The van der Waals surface area contributed by atoms with Crippen LogP contribution in [-0.4, -0.2) is 16.8 Å². The van der Waals surface area contributed by atoms with Gasteiger partial charge in [0.1, 0.15) is 0 Å². The van der Waals surface area contributed by atoms with Crippen molar-refractivity contribution in [3.63, 3.8) is 0 Å². The normalized spacial score (nSPS) is 17.5. The average Bonchev–Trinajstić information content (AvgIpc) is 2.20. The monoisotopic (exact) mass is 211 g/mol. The zero-order valence-corrected chi connectivity index (χ0v) is 9.33. The van der Waals surface area contributed by atoms with Gasteiger partial charge in [0.05, 0.1) is 11.8 Å². The first-order chi connectivity index (χ1) is 6.36. The van der Waals surface area contributed by atoms with Crippen LogP contribution in [0.15, 0.2) is 24.3 Å². The third-order valence-corrected chi connectivity index (χ3v) is 4.38. The summed E-state index contributed by atoms with van der Waals surface area (Å²) in [5.41, 5.74) is 2.69. The van der Waals surface area contributed by atoms with Gasteiger partial charge < -0.3 is 4.90 Å². The second-order valence-corrected chi connectivity index (χ2v) is 5.44. The van der Waals surface area contributed by atoms with E-state index in [9.17, 15) is 0 Å². The van der Waals surface area contributed by atoms with Gasteiger partial charge in [-0.15, -0.1) is 23.5 Å². The van der Waals surface area contributed by atoms with E-state index in [0.29, 0.717) is 0 Å². The van der Waals surface area contributed by atoms with Crippen LogP contribution in [0.4, 0.5) is 5.69 Å². The maximum Gasteiger partial charge on any atom is 0.0656 e. The minimum absolute atomic E-state index is 1.13. The molecule has 0 aromatic heterocycles. The van der Waals surface area contributed by atoms with Gasteiger partial charge >= 0.3 is 0 Å². The summed E-state index contributed by atoms with van der Waals surface area (Å²) in [6.07, 6.45) is 0. The van der Waals surface area contributed by atoms with Crippen molar-refractivity contribution in [2.24, 2.45) is 0 Å². The first-order valence-electron chi connectivity index (χ1n) is 4.33. The lowest BCUT2D eigenvalue weighted by molar-refractivity contribution is 1.06. The highest BCUT2D eigenvalue weighted by Crippen LogP contribution is 2.27. The summed E-state index contributed by atoms with van der Waals surface area (Å²) in [5, 5.41) is 1.24. The van der Waals surface area contributed by atoms with E-state index in [-0.39, 0.29) is 0 Å². The van der Waals surface area contributed by atoms with Crippen molar-refractivity contribution in [2.75, 3.05) is 21.7 Å². The van der Waals surface area contributed by atoms with E-state index in [2.05, 4.69) is 36.1 Å². The molecule has 3 heteroatoms. The van der Waals surface area contributed by atoms with Crippen molar-refractivity contribution < 1.29 is 0 Å². The predicted molar refractivity (Wildman–Crippen MR) is 63.4 cm³/mol. The molecule has 1 aliphatic rings. The van der Waals surface area contributed by atoms with Gasteiger partial charge in [-0.3, -0.25) is 0 Å². The summed E-state index contributed by atoms with van der Waals surface area (Å²) in [6.45, 7) is 2.13. The van der Waals surface area contributed by atoms with Crippen LogP contribution in [0.2, 0.25) is 0 Å². The summed E-state index contributed by atoms with van der Waals surface area (Å²) in [5.74, 6) is 2.27. The summed E-state index contributed by atoms with van der Waals surface area (Å²) < 4.78 is 0. The Morgan fingerprint density at radius 2 is 1.69 bits per heavy atom. The second-order valence-electron chi connectivity index (χ2n) is 3.16. The van der Waals surface area contributed by atoms with E-state index in [0.717, 1.165) is 11.8 Å². The number of nitrogens with zero attached hydrogens (tertiary/aromatic N) is 1. The lowest BCUT2D eigenvalue weighted by Gasteiger charge is -2.27. The molecule has 1 aromatic carbocycles. The van der Waals surface area contributed by atoms with Gasteiger partial charge in [-0.05, 0) is 19.1 Å². The minimum atomic E-state index is 1.13. The molecule has 13 heavy (non-hydrogen) atoms. The standard InChI is InChI=1S/C10H13NS2/c1-9-2-4-10(5-3-9)11-6-12-8-13-7-11/h2-5H,6-8H2,1H3. The van der Waals surface area contributed by atoms with E-state index in [4.69, 9.17) is 0 Å². The van der Waals surface area contributed by atoms with E-state index in [1.54, 1.807) is 0 Å². The van der Waals surface area contributed by atoms with Gasteiger partial charge in [0.15, 0.2) is 0 Å². The van der Waals surface area contributed by atoms with Crippen molar-refractivity contribution >= 4 is 29.2 Å². The van der Waals surface area contributed by atoms with Crippen LogP contribution >= 0.6 is 23.5 Å². The SMILES string of the molecule is Cc1ccc(N2CSCSC2)cc1. The van der Waals surface area contributed by atoms with Gasteiger partial charge in [-0.1, -0.05) is 17.7 Å². The number of thioether (sulfide) groups is 2. The highest BCUT2D eigenvalue weighted by atomic mass is 32.2. The number of rotatable bonds is 1. The molecule has 0 N–H and O–H groups in total. The van der Waals surface area contributed by atoms with Gasteiger partial charge in [-0.25, -0.2) is 0 Å². The Kier molecular flexibility index (Phi) is 3.06. The van der Waals surface area contributed by atoms with Crippen LogP contribution in [0.1, 0.15) is 5.56 Å². The van der Waals surface area contributed by atoms with Gasteiger partial charge in [0.2, 0.25) is 0 Å². The Morgan fingerprint density at radius 1 is 1.08 bits per heavy atom. The molecule has 70 valence electrons. The Labute approximate surface area is 87.9 Å². The van der Waals surface area contributed by atoms with Crippen LogP contribution in [0, 0.1) is 6.92 Å². The highest BCUT2D eigenvalue weighted by Gasteiger charge is 2.10. The molecule has 0 unspecified atom stereocenters. The van der Waals surface area contributed by atoms with Crippen LogP contribution in [0.25, 0.3) is 0 Å². The molecular weight excluding hydrogens is 198 g/mol. The molecule has 2 rings (SSSR count). The molecule has 1 aliphatic heterocycles. The van der Waals surface area contributed by atoms with Crippen LogP contribution in [-0.2, 0) is 0 Å². The molecule has 0 amide bonds. The first-order valence-corrected chi connectivity index (χ1v) is 6.64. The Morgan fingerprint density at radius 3 is 2.31 bits per heavy atom. The quantitative estimate of drug-likeness (QED) is 0.702. The smallest absolute Gasteiger partial charge is 0.0656 e. The Hall–Kier alpha value is -0.280. The highest BCUT2D eigenvalue weighted by molar-refractivity contribution is 8.16. The third-order valence-electron chi connectivity index (χ3n) is 2.06. The zero-order chi connectivity index (χ0) is 9.10. The van der Waals surface area contributed by atoms with Crippen molar-refractivity contribution in [3.8, 4) is 0 Å². The average molecular weight is 211 g/mol. The van der Waals surface area contributed by atoms with E-state index >= 15 is 0 Å². The van der Waals surface area contributed by atoms with Gasteiger partial charge in [0, 0.05) is 10.8 Å². The summed E-state index contributed by atoms with van der Waals surface area (Å²) in [7, 11) is 0. The number of aryl methyl sites for hydroxylation is 1.